The number of halogens is 3. The number of benzene rings is 1. The predicted molar refractivity (Wildman–Crippen MR) is 58.0 cm³/mol. The lowest BCUT2D eigenvalue weighted by molar-refractivity contribution is -0.137. The minimum atomic E-state index is -4.38. The summed E-state index contributed by atoms with van der Waals surface area (Å²) in [6.07, 6.45) is 0.232. The minimum Gasteiger partial charge on any atom is -0.330 e. The number of aromatic nitrogens is 2. The van der Waals surface area contributed by atoms with Crippen LogP contribution in [-0.4, -0.2) is 15.3 Å². The van der Waals surface area contributed by atoms with Crippen molar-refractivity contribution in [1.82, 2.24) is 9.55 Å². The zero-order valence-corrected chi connectivity index (χ0v) is 9.19. The van der Waals surface area contributed by atoms with E-state index in [2.05, 4.69) is 4.98 Å². The molecule has 3 nitrogen and oxygen atoms in total. The summed E-state index contributed by atoms with van der Waals surface area (Å²) in [5, 5.41) is 0. The van der Waals surface area contributed by atoms with Gasteiger partial charge < -0.3 is 4.57 Å². The summed E-state index contributed by atoms with van der Waals surface area (Å²) in [5.74, 6) is -0.262. The van der Waals surface area contributed by atoms with Crippen LogP contribution in [0, 0.1) is 0 Å². The first-order valence-corrected chi connectivity index (χ1v) is 5.13. The molecule has 0 saturated heterocycles. The molecule has 0 spiro atoms. The third-order valence-electron chi connectivity index (χ3n) is 2.42. The predicted octanol–water partition coefficient (Wildman–Crippen LogP) is 2.78. The van der Waals surface area contributed by atoms with Gasteiger partial charge in [-0.05, 0) is 12.1 Å². The second-order valence-corrected chi connectivity index (χ2v) is 3.73. The highest BCUT2D eigenvalue weighted by Crippen LogP contribution is 2.29. The normalized spacial score (nSPS) is 11.5. The Kier molecular flexibility index (Phi) is 3.18. The number of rotatable bonds is 3. The highest BCUT2D eigenvalue weighted by molar-refractivity contribution is 5.95. The summed E-state index contributed by atoms with van der Waals surface area (Å²) in [4.78, 5) is 15.5. The molecule has 18 heavy (non-hydrogen) atoms. The van der Waals surface area contributed by atoms with Crippen LogP contribution in [0.15, 0.2) is 43.0 Å². The molecular formula is C12H9F3N2O. The third kappa shape index (κ3) is 2.77. The Labute approximate surface area is 101 Å². The van der Waals surface area contributed by atoms with Gasteiger partial charge >= 0.3 is 6.18 Å². The molecule has 0 radical (unpaired) electrons. The molecule has 0 bridgehead atoms. The van der Waals surface area contributed by atoms with E-state index in [-0.39, 0.29) is 17.9 Å². The topological polar surface area (TPSA) is 34.9 Å². The number of alkyl halides is 3. The molecule has 2 aromatic rings. The van der Waals surface area contributed by atoms with Gasteiger partial charge in [0.1, 0.15) is 0 Å². The average molecular weight is 254 g/mol. The second kappa shape index (κ2) is 4.64. The monoisotopic (exact) mass is 254 g/mol. The van der Waals surface area contributed by atoms with Gasteiger partial charge in [0.15, 0.2) is 5.78 Å². The van der Waals surface area contributed by atoms with Crippen LogP contribution in [0.3, 0.4) is 0 Å². The molecule has 0 amide bonds. The smallest absolute Gasteiger partial charge is 0.330 e. The zero-order chi connectivity index (χ0) is 13.2. The molecular weight excluding hydrogens is 245 g/mol. The van der Waals surface area contributed by atoms with Crippen LogP contribution >= 0.6 is 0 Å². The van der Waals surface area contributed by atoms with Gasteiger partial charge in [-0.1, -0.05) is 12.1 Å². The van der Waals surface area contributed by atoms with Gasteiger partial charge in [0, 0.05) is 18.0 Å². The lowest BCUT2D eigenvalue weighted by Crippen LogP contribution is -2.10. The SMILES string of the molecule is O=C(Cn1ccnc1)c1ccc(C(F)(F)F)cc1. The van der Waals surface area contributed by atoms with Gasteiger partial charge in [0.2, 0.25) is 0 Å². The molecule has 0 saturated carbocycles. The maximum Gasteiger partial charge on any atom is 0.416 e. The summed E-state index contributed by atoms with van der Waals surface area (Å²) in [6, 6.07) is 4.17. The van der Waals surface area contributed by atoms with Gasteiger partial charge in [-0.3, -0.25) is 4.79 Å². The van der Waals surface area contributed by atoms with E-state index in [4.69, 9.17) is 0 Å². The van der Waals surface area contributed by atoms with Crippen LogP contribution in [0.2, 0.25) is 0 Å². The van der Waals surface area contributed by atoms with Crippen LogP contribution in [0.25, 0.3) is 0 Å². The summed E-state index contributed by atoms with van der Waals surface area (Å²) in [7, 11) is 0. The molecule has 1 aromatic carbocycles. The Balaban J connectivity index is 2.12. The molecule has 0 N–H and O–H groups in total. The van der Waals surface area contributed by atoms with Crippen LogP contribution in [-0.2, 0) is 12.7 Å². The van der Waals surface area contributed by atoms with Crippen molar-refractivity contribution in [2.45, 2.75) is 12.7 Å². The van der Waals surface area contributed by atoms with Crippen molar-refractivity contribution < 1.29 is 18.0 Å². The van der Waals surface area contributed by atoms with Crippen molar-refractivity contribution in [3.63, 3.8) is 0 Å². The minimum absolute atomic E-state index is 0.0609. The molecule has 6 heteroatoms. The third-order valence-corrected chi connectivity index (χ3v) is 2.42. The number of hydrogen-bond acceptors (Lipinski definition) is 2. The summed E-state index contributed by atoms with van der Waals surface area (Å²) >= 11 is 0. The molecule has 2 rings (SSSR count). The average Bonchev–Trinajstić information content (AvgIpc) is 2.81. The highest BCUT2D eigenvalue weighted by atomic mass is 19.4. The van der Waals surface area contributed by atoms with Crippen LogP contribution in [0.4, 0.5) is 13.2 Å². The van der Waals surface area contributed by atoms with Crippen molar-refractivity contribution in [2.75, 3.05) is 0 Å². The number of Topliss-reactive ketones (excluding diaryl/α,β-unsaturated/α-hetero) is 1. The molecule has 0 unspecified atom stereocenters. The fourth-order valence-corrected chi connectivity index (χ4v) is 1.48. The van der Waals surface area contributed by atoms with E-state index in [0.29, 0.717) is 0 Å². The molecule has 0 aliphatic heterocycles. The van der Waals surface area contributed by atoms with Gasteiger partial charge in [-0.15, -0.1) is 0 Å². The first kappa shape index (κ1) is 12.3. The number of carbonyl (C=O) groups excluding carboxylic acids is 1. The van der Waals surface area contributed by atoms with E-state index in [1.165, 1.54) is 24.7 Å². The Hall–Kier alpha value is -2.11. The number of imidazole rings is 1. The first-order valence-electron chi connectivity index (χ1n) is 5.13. The Morgan fingerprint density at radius 2 is 1.89 bits per heavy atom. The number of hydrogen-bond donors (Lipinski definition) is 0. The van der Waals surface area contributed by atoms with E-state index >= 15 is 0 Å². The van der Waals surface area contributed by atoms with Crippen molar-refractivity contribution >= 4 is 5.78 Å². The van der Waals surface area contributed by atoms with E-state index in [9.17, 15) is 18.0 Å². The van der Waals surface area contributed by atoms with Crippen molar-refractivity contribution in [1.29, 1.82) is 0 Å². The van der Waals surface area contributed by atoms with E-state index in [0.717, 1.165) is 12.1 Å². The Bertz CT molecular complexity index is 529. The van der Waals surface area contributed by atoms with E-state index in [1.807, 2.05) is 0 Å². The summed E-state index contributed by atoms with van der Waals surface area (Å²) < 4.78 is 38.5. The fraction of sp³-hybridized carbons (Fsp3) is 0.167. The van der Waals surface area contributed by atoms with E-state index < -0.39 is 11.7 Å². The second-order valence-electron chi connectivity index (χ2n) is 3.73. The van der Waals surface area contributed by atoms with Crippen LogP contribution in [0.5, 0.6) is 0 Å². The molecule has 1 aromatic heterocycles. The largest absolute Gasteiger partial charge is 0.416 e. The zero-order valence-electron chi connectivity index (χ0n) is 9.19. The van der Waals surface area contributed by atoms with Crippen molar-refractivity contribution in [2.24, 2.45) is 0 Å². The van der Waals surface area contributed by atoms with Crippen molar-refractivity contribution in [3.8, 4) is 0 Å². The highest BCUT2D eigenvalue weighted by Gasteiger charge is 2.30. The summed E-state index contributed by atoms with van der Waals surface area (Å²) in [5.41, 5.74) is -0.515. The Morgan fingerprint density at radius 3 is 2.39 bits per heavy atom. The van der Waals surface area contributed by atoms with Gasteiger partial charge in [0.05, 0.1) is 18.4 Å². The van der Waals surface area contributed by atoms with Gasteiger partial charge in [-0.25, -0.2) is 4.98 Å². The standard InChI is InChI=1S/C12H9F3N2O/c13-12(14,15)10-3-1-9(2-4-10)11(18)7-17-6-5-16-8-17/h1-6,8H,7H2. The lowest BCUT2D eigenvalue weighted by atomic mass is 10.1. The van der Waals surface area contributed by atoms with Gasteiger partial charge in [-0.2, -0.15) is 13.2 Å². The molecule has 94 valence electrons. The maximum atomic E-state index is 12.3. The van der Waals surface area contributed by atoms with Gasteiger partial charge in [0.25, 0.3) is 0 Å². The molecule has 1 heterocycles. The number of nitrogens with zero attached hydrogens (tertiary/aromatic N) is 2. The van der Waals surface area contributed by atoms with E-state index in [1.54, 1.807) is 10.8 Å². The molecule has 0 fully saturated rings. The molecule has 0 atom stereocenters. The van der Waals surface area contributed by atoms with Crippen LogP contribution < -0.4 is 0 Å². The van der Waals surface area contributed by atoms with Crippen LogP contribution in [0.1, 0.15) is 15.9 Å². The number of ketones is 1. The molecule has 0 aliphatic rings. The van der Waals surface area contributed by atoms with Crippen molar-refractivity contribution in [3.05, 3.63) is 54.1 Å². The first-order chi connectivity index (χ1) is 8.47. The number of carbonyl (C=O) groups is 1. The summed E-state index contributed by atoms with van der Waals surface area (Å²) in [6.45, 7) is 0.0609. The quantitative estimate of drug-likeness (QED) is 0.789. The maximum absolute atomic E-state index is 12.3. The molecule has 0 aliphatic carbocycles. The fourth-order valence-electron chi connectivity index (χ4n) is 1.48. The lowest BCUT2D eigenvalue weighted by Gasteiger charge is -2.07. The Morgan fingerprint density at radius 1 is 1.22 bits per heavy atom.